The van der Waals surface area contributed by atoms with E-state index in [1.54, 1.807) is 0 Å². The molecule has 116 valence electrons. The van der Waals surface area contributed by atoms with Crippen LogP contribution < -0.4 is 10.0 Å². The van der Waals surface area contributed by atoms with E-state index in [4.69, 9.17) is 0 Å². The molecule has 7 heteroatoms. The fourth-order valence-electron chi connectivity index (χ4n) is 2.09. The topological polar surface area (TPSA) is 58.2 Å². The number of nitrogens with one attached hydrogen (secondary N) is 2. The molecule has 0 aromatic heterocycles. The first-order chi connectivity index (χ1) is 9.95. The Morgan fingerprint density at radius 1 is 1.14 bits per heavy atom. The number of hydrogen-bond acceptors (Lipinski definition) is 3. The molecular formula is C14H18F2N2O2S. The quantitative estimate of drug-likeness (QED) is 0.808. The van der Waals surface area contributed by atoms with Crippen LogP contribution in [0.25, 0.3) is 0 Å². The van der Waals surface area contributed by atoms with E-state index in [9.17, 15) is 17.2 Å². The van der Waals surface area contributed by atoms with Crippen molar-refractivity contribution in [1.82, 2.24) is 10.0 Å². The van der Waals surface area contributed by atoms with E-state index in [2.05, 4.69) is 10.0 Å². The highest BCUT2D eigenvalue weighted by molar-refractivity contribution is 7.89. The van der Waals surface area contributed by atoms with Gasteiger partial charge in [0, 0.05) is 19.1 Å². The van der Waals surface area contributed by atoms with Gasteiger partial charge in [-0.3, -0.25) is 0 Å². The van der Waals surface area contributed by atoms with Crippen molar-refractivity contribution in [1.29, 1.82) is 0 Å². The Kier molecular flexibility index (Phi) is 3.98. The van der Waals surface area contributed by atoms with Gasteiger partial charge in [0.05, 0.1) is 0 Å². The summed E-state index contributed by atoms with van der Waals surface area (Å²) in [5, 5.41) is 3.15. The number of sulfonamides is 1. The molecule has 2 fully saturated rings. The Morgan fingerprint density at radius 2 is 1.86 bits per heavy atom. The molecule has 2 N–H and O–H groups in total. The van der Waals surface area contributed by atoms with Crippen molar-refractivity contribution in [2.75, 3.05) is 6.54 Å². The first-order valence-corrected chi connectivity index (χ1v) is 8.65. The van der Waals surface area contributed by atoms with E-state index in [1.165, 1.54) is 6.07 Å². The van der Waals surface area contributed by atoms with E-state index in [1.807, 2.05) is 0 Å². The van der Waals surface area contributed by atoms with Gasteiger partial charge in [0.15, 0.2) is 11.6 Å². The number of rotatable bonds is 7. The van der Waals surface area contributed by atoms with Gasteiger partial charge in [-0.15, -0.1) is 0 Å². The lowest BCUT2D eigenvalue weighted by atomic mass is 10.2. The van der Waals surface area contributed by atoms with Crippen LogP contribution in [0.1, 0.15) is 31.2 Å². The van der Waals surface area contributed by atoms with Crippen molar-refractivity contribution in [2.24, 2.45) is 5.92 Å². The average molecular weight is 316 g/mol. The van der Waals surface area contributed by atoms with Crippen LogP contribution in [-0.4, -0.2) is 21.0 Å². The van der Waals surface area contributed by atoms with Gasteiger partial charge in [0.1, 0.15) is 4.90 Å². The summed E-state index contributed by atoms with van der Waals surface area (Å²) in [5.41, 5.74) is 0.438. The normalized spacial score (nSPS) is 19.0. The summed E-state index contributed by atoms with van der Waals surface area (Å²) in [6.07, 6.45) is 4.09. The first-order valence-electron chi connectivity index (χ1n) is 7.16. The molecule has 4 nitrogen and oxygen atoms in total. The average Bonchev–Trinajstić information content (AvgIpc) is 3.31. The maximum Gasteiger partial charge on any atom is 0.243 e. The van der Waals surface area contributed by atoms with Crippen LogP contribution in [0.3, 0.4) is 0 Å². The molecule has 0 unspecified atom stereocenters. The molecule has 1 aromatic carbocycles. The first kappa shape index (κ1) is 14.9. The Hall–Kier alpha value is -1.05. The highest BCUT2D eigenvalue weighted by atomic mass is 32.2. The van der Waals surface area contributed by atoms with Gasteiger partial charge in [0.2, 0.25) is 10.0 Å². The molecule has 2 aliphatic rings. The predicted octanol–water partition coefficient (Wildman–Crippen LogP) is 1.91. The van der Waals surface area contributed by atoms with Gasteiger partial charge < -0.3 is 5.32 Å². The van der Waals surface area contributed by atoms with Crippen LogP contribution >= 0.6 is 0 Å². The second kappa shape index (κ2) is 5.62. The van der Waals surface area contributed by atoms with Crippen LogP contribution in [0.5, 0.6) is 0 Å². The van der Waals surface area contributed by atoms with E-state index in [0.29, 0.717) is 24.1 Å². The second-order valence-corrected chi connectivity index (χ2v) is 7.58. The molecule has 0 amide bonds. The highest BCUT2D eigenvalue weighted by Crippen LogP contribution is 2.28. The predicted molar refractivity (Wildman–Crippen MR) is 74.1 cm³/mol. The smallest absolute Gasteiger partial charge is 0.243 e. The van der Waals surface area contributed by atoms with Crippen LogP contribution in [-0.2, 0) is 16.6 Å². The zero-order chi connectivity index (χ0) is 15.0. The Morgan fingerprint density at radius 3 is 2.48 bits per heavy atom. The molecule has 1 aromatic rings. The summed E-state index contributed by atoms with van der Waals surface area (Å²) in [7, 11) is -4.01. The fourth-order valence-corrected chi connectivity index (χ4v) is 3.34. The second-order valence-electron chi connectivity index (χ2n) is 5.84. The minimum Gasteiger partial charge on any atom is -0.310 e. The molecular weight excluding hydrogens is 298 g/mol. The van der Waals surface area contributed by atoms with Crippen LogP contribution in [0.15, 0.2) is 17.0 Å². The molecule has 2 saturated carbocycles. The largest absolute Gasteiger partial charge is 0.310 e. The third-order valence-corrected chi connectivity index (χ3v) is 5.20. The summed E-state index contributed by atoms with van der Waals surface area (Å²) in [5.74, 6) is -2.11. The van der Waals surface area contributed by atoms with E-state index < -0.39 is 26.6 Å². The molecule has 0 aliphatic heterocycles. The van der Waals surface area contributed by atoms with Crippen LogP contribution in [0.2, 0.25) is 0 Å². The SMILES string of the molecule is O=S(=O)(NCC1CC1)c1cc(CNC2CC2)cc(F)c1F. The molecule has 21 heavy (non-hydrogen) atoms. The lowest BCUT2D eigenvalue weighted by Crippen LogP contribution is -2.27. The number of benzene rings is 1. The van der Waals surface area contributed by atoms with Crippen molar-refractivity contribution < 1.29 is 17.2 Å². The van der Waals surface area contributed by atoms with Crippen molar-refractivity contribution >= 4 is 10.0 Å². The van der Waals surface area contributed by atoms with E-state index in [-0.39, 0.29) is 6.54 Å². The van der Waals surface area contributed by atoms with Crippen molar-refractivity contribution in [3.63, 3.8) is 0 Å². The molecule has 0 atom stereocenters. The van der Waals surface area contributed by atoms with Gasteiger partial charge in [-0.25, -0.2) is 21.9 Å². The molecule has 0 heterocycles. The lowest BCUT2D eigenvalue weighted by molar-refractivity contribution is 0.480. The van der Waals surface area contributed by atoms with Crippen molar-refractivity contribution in [2.45, 2.75) is 43.2 Å². The van der Waals surface area contributed by atoms with Crippen LogP contribution in [0.4, 0.5) is 8.78 Å². The summed E-state index contributed by atoms with van der Waals surface area (Å²) in [4.78, 5) is -0.601. The lowest BCUT2D eigenvalue weighted by Gasteiger charge is -2.10. The summed E-state index contributed by atoms with van der Waals surface area (Å²) in [6.45, 7) is 0.626. The Bertz CT molecular complexity index is 641. The summed E-state index contributed by atoms with van der Waals surface area (Å²) < 4.78 is 54.0. The minimum atomic E-state index is -4.01. The third-order valence-electron chi connectivity index (χ3n) is 3.78. The maximum atomic E-state index is 13.8. The van der Waals surface area contributed by atoms with Gasteiger partial charge in [-0.2, -0.15) is 0 Å². The Labute approximate surface area is 123 Å². The zero-order valence-electron chi connectivity index (χ0n) is 11.5. The number of halogens is 2. The molecule has 3 rings (SSSR count). The van der Waals surface area contributed by atoms with Gasteiger partial charge in [0.25, 0.3) is 0 Å². The third kappa shape index (κ3) is 3.78. The van der Waals surface area contributed by atoms with E-state index in [0.717, 1.165) is 31.7 Å². The molecule has 0 saturated heterocycles. The van der Waals surface area contributed by atoms with Crippen LogP contribution in [0, 0.1) is 17.6 Å². The Balaban J connectivity index is 1.80. The molecule has 0 spiro atoms. The highest BCUT2D eigenvalue weighted by Gasteiger charge is 2.27. The maximum absolute atomic E-state index is 13.8. The van der Waals surface area contributed by atoms with Crippen molar-refractivity contribution in [3.8, 4) is 0 Å². The zero-order valence-corrected chi connectivity index (χ0v) is 12.3. The van der Waals surface area contributed by atoms with Gasteiger partial charge >= 0.3 is 0 Å². The van der Waals surface area contributed by atoms with Gasteiger partial charge in [-0.05, 0) is 49.3 Å². The monoisotopic (exact) mass is 316 g/mol. The fraction of sp³-hybridized carbons (Fsp3) is 0.571. The molecule has 0 bridgehead atoms. The van der Waals surface area contributed by atoms with E-state index >= 15 is 0 Å². The van der Waals surface area contributed by atoms with Gasteiger partial charge in [-0.1, -0.05) is 0 Å². The summed E-state index contributed by atoms with van der Waals surface area (Å²) >= 11 is 0. The minimum absolute atomic E-state index is 0.286. The standard InChI is InChI=1S/C14H18F2N2O2S/c15-12-5-10(7-17-11-3-4-11)6-13(14(12)16)21(19,20)18-8-9-1-2-9/h5-6,9,11,17-18H,1-4,7-8H2. The van der Waals surface area contributed by atoms with Crippen molar-refractivity contribution in [3.05, 3.63) is 29.3 Å². The number of hydrogen-bond donors (Lipinski definition) is 2. The summed E-state index contributed by atoms with van der Waals surface area (Å²) in [6, 6.07) is 2.67. The molecule has 0 radical (unpaired) electrons. The molecule has 2 aliphatic carbocycles.